The predicted molar refractivity (Wildman–Crippen MR) is 91.2 cm³/mol. The van der Waals surface area contributed by atoms with E-state index in [0.29, 0.717) is 18.0 Å². The van der Waals surface area contributed by atoms with E-state index in [-0.39, 0.29) is 17.3 Å². The van der Waals surface area contributed by atoms with Crippen LogP contribution in [0.3, 0.4) is 0 Å². The van der Waals surface area contributed by atoms with Gasteiger partial charge in [0.1, 0.15) is 5.75 Å². The molecule has 0 saturated heterocycles. The van der Waals surface area contributed by atoms with E-state index in [1.165, 1.54) is 0 Å². The van der Waals surface area contributed by atoms with Crippen molar-refractivity contribution < 1.29 is 22.7 Å². The van der Waals surface area contributed by atoms with Gasteiger partial charge in [-0.3, -0.25) is 4.79 Å². The molecule has 0 saturated carbocycles. The van der Waals surface area contributed by atoms with Gasteiger partial charge in [0.2, 0.25) is 5.91 Å². The van der Waals surface area contributed by atoms with Crippen molar-refractivity contribution in [3.05, 3.63) is 53.1 Å². The number of alkyl halides is 3. The highest BCUT2D eigenvalue weighted by atomic mass is 35.5. The summed E-state index contributed by atoms with van der Waals surface area (Å²) in [5.41, 5.74) is -0.296. The van der Waals surface area contributed by atoms with Gasteiger partial charge >= 0.3 is 6.18 Å². The first-order valence-electron chi connectivity index (χ1n) is 7.43. The van der Waals surface area contributed by atoms with Crippen molar-refractivity contribution in [3.63, 3.8) is 0 Å². The van der Waals surface area contributed by atoms with Gasteiger partial charge in [-0.2, -0.15) is 13.2 Å². The van der Waals surface area contributed by atoms with Crippen molar-refractivity contribution >= 4 is 28.9 Å². The molecule has 4 nitrogen and oxygen atoms in total. The molecule has 0 aromatic heterocycles. The lowest BCUT2D eigenvalue weighted by Crippen LogP contribution is -2.22. The van der Waals surface area contributed by atoms with Crippen LogP contribution in [-0.2, 0) is 11.0 Å². The Labute approximate surface area is 147 Å². The molecule has 0 heterocycles. The van der Waals surface area contributed by atoms with Gasteiger partial charge in [0.05, 0.1) is 29.4 Å². The fraction of sp³-hybridized carbons (Fsp3) is 0.235. The van der Waals surface area contributed by atoms with Crippen LogP contribution < -0.4 is 15.4 Å². The summed E-state index contributed by atoms with van der Waals surface area (Å²) in [5.74, 6) is 0.184. The number of carbonyl (C=O) groups excluding carboxylic acids is 1. The molecule has 2 N–H and O–H groups in total. The summed E-state index contributed by atoms with van der Waals surface area (Å²) < 4.78 is 43.5. The minimum absolute atomic E-state index is 0.0300. The summed E-state index contributed by atoms with van der Waals surface area (Å²) in [6.07, 6.45) is -4.51. The molecule has 8 heteroatoms. The fourth-order valence-electron chi connectivity index (χ4n) is 2.01. The molecule has 0 aliphatic carbocycles. The average Bonchev–Trinajstić information content (AvgIpc) is 2.55. The second-order valence-corrected chi connectivity index (χ2v) is 5.46. The lowest BCUT2D eigenvalue weighted by Gasteiger charge is -2.12. The van der Waals surface area contributed by atoms with Crippen LogP contribution in [-0.4, -0.2) is 19.1 Å². The Kier molecular flexibility index (Phi) is 6.14. The van der Waals surface area contributed by atoms with Crippen molar-refractivity contribution in [2.75, 3.05) is 23.8 Å². The third kappa shape index (κ3) is 5.56. The zero-order chi connectivity index (χ0) is 18.4. The largest absolute Gasteiger partial charge is 0.494 e. The lowest BCUT2D eigenvalue weighted by molar-refractivity contribution is -0.137. The molecule has 134 valence electrons. The maximum Gasteiger partial charge on any atom is 0.416 e. The summed E-state index contributed by atoms with van der Waals surface area (Å²) in [5, 5.41) is 5.26. The van der Waals surface area contributed by atoms with E-state index in [0.717, 1.165) is 18.2 Å². The number of benzene rings is 2. The normalized spacial score (nSPS) is 11.1. The van der Waals surface area contributed by atoms with Gasteiger partial charge in [-0.05, 0) is 49.4 Å². The average molecular weight is 373 g/mol. The molecule has 2 aromatic rings. The number of ether oxygens (including phenoxy) is 1. The molecule has 0 aliphatic rings. The quantitative estimate of drug-likeness (QED) is 0.765. The van der Waals surface area contributed by atoms with Gasteiger partial charge in [-0.25, -0.2) is 0 Å². The van der Waals surface area contributed by atoms with Gasteiger partial charge in [0.25, 0.3) is 0 Å². The topological polar surface area (TPSA) is 50.4 Å². The maximum atomic E-state index is 12.7. The van der Waals surface area contributed by atoms with Crippen LogP contribution in [0.1, 0.15) is 12.5 Å². The predicted octanol–water partition coefficient (Wildman–Crippen LogP) is 4.81. The molecular formula is C17H16ClF3N2O2. The van der Waals surface area contributed by atoms with Gasteiger partial charge in [0.15, 0.2) is 0 Å². The summed E-state index contributed by atoms with van der Waals surface area (Å²) in [7, 11) is 0. The van der Waals surface area contributed by atoms with Crippen molar-refractivity contribution in [3.8, 4) is 5.75 Å². The number of hydrogen-bond donors (Lipinski definition) is 2. The molecule has 2 rings (SSSR count). The standard InChI is InChI=1S/C17H16ClF3N2O2/c1-2-25-13-6-4-12(5-7-13)22-10-16(24)23-15-9-11(17(19,20)21)3-8-14(15)18/h3-9,22H,2,10H2,1H3,(H,23,24). The van der Waals surface area contributed by atoms with Gasteiger partial charge < -0.3 is 15.4 Å². The zero-order valence-electron chi connectivity index (χ0n) is 13.3. The molecular weight excluding hydrogens is 357 g/mol. The van der Waals surface area contributed by atoms with Crippen molar-refractivity contribution in [1.29, 1.82) is 0 Å². The van der Waals surface area contributed by atoms with Crippen LogP contribution in [0.5, 0.6) is 5.75 Å². The molecule has 0 spiro atoms. The molecule has 0 fully saturated rings. The van der Waals surface area contributed by atoms with Gasteiger partial charge in [-0.1, -0.05) is 11.6 Å². The van der Waals surface area contributed by atoms with E-state index in [4.69, 9.17) is 16.3 Å². The Morgan fingerprint density at radius 2 is 1.84 bits per heavy atom. The second kappa shape index (κ2) is 8.11. The number of carbonyl (C=O) groups is 1. The third-order valence-corrected chi connectivity index (χ3v) is 3.52. The Bertz CT molecular complexity index is 734. The van der Waals surface area contributed by atoms with Crippen LogP contribution in [0.25, 0.3) is 0 Å². The first kappa shape index (κ1) is 18.9. The first-order valence-corrected chi connectivity index (χ1v) is 7.80. The van der Waals surface area contributed by atoms with Crippen LogP contribution in [0.15, 0.2) is 42.5 Å². The third-order valence-electron chi connectivity index (χ3n) is 3.19. The van der Waals surface area contributed by atoms with Crippen LogP contribution in [0.2, 0.25) is 5.02 Å². The number of hydrogen-bond acceptors (Lipinski definition) is 3. The van der Waals surface area contributed by atoms with Gasteiger partial charge in [-0.15, -0.1) is 0 Å². The lowest BCUT2D eigenvalue weighted by atomic mass is 10.2. The van der Waals surface area contributed by atoms with Gasteiger partial charge in [0, 0.05) is 5.69 Å². The second-order valence-electron chi connectivity index (χ2n) is 5.05. The number of rotatable bonds is 6. The van der Waals surface area contributed by atoms with E-state index >= 15 is 0 Å². The van der Waals surface area contributed by atoms with E-state index in [9.17, 15) is 18.0 Å². The molecule has 25 heavy (non-hydrogen) atoms. The Morgan fingerprint density at radius 1 is 1.16 bits per heavy atom. The Balaban J connectivity index is 1.96. The smallest absolute Gasteiger partial charge is 0.416 e. The molecule has 0 radical (unpaired) electrons. The first-order chi connectivity index (χ1) is 11.8. The zero-order valence-corrected chi connectivity index (χ0v) is 14.0. The van der Waals surface area contributed by atoms with E-state index in [1.54, 1.807) is 24.3 Å². The van der Waals surface area contributed by atoms with Crippen LogP contribution in [0, 0.1) is 0 Å². The summed E-state index contributed by atoms with van der Waals surface area (Å²) in [6.45, 7) is 2.29. The van der Waals surface area contributed by atoms with E-state index in [2.05, 4.69) is 10.6 Å². The SMILES string of the molecule is CCOc1ccc(NCC(=O)Nc2cc(C(F)(F)F)ccc2Cl)cc1. The van der Waals surface area contributed by atoms with Crippen molar-refractivity contribution in [2.24, 2.45) is 0 Å². The Morgan fingerprint density at radius 3 is 2.44 bits per heavy atom. The number of anilines is 2. The monoisotopic (exact) mass is 372 g/mol. The summed E-state index contributed by atoms with van der Waals surface area (Å²) in [6, 6.07) is 9.71. The number of nitrogens with one attached hydrogen (secondary N) is 2. The summed E-state index contributed by atoms with van der Waals surface area (Å²) in [4.78, 5) is 11.9. The number of halogens is 4. The van der Waals surface area contributed by atoms with Crippen LogP contribution >= 0.6 is 11.6 Å². The van der Waals surface area contributed by atoms with Crippen molar-refractivity contribution in [1.82, 2.24) is 0 Å². The molecule has 0 unspecified atom stereocenters. The Hall–Kier alpha value is -2.41. The molecule has 2 aromatic carbocycles. The minimum atomic E-state index is -4.51. The molecule has 1 amide bonds. The highest BCUT2D eigenvalue weighted by Crippen LogP contribution is 2.33. The van der Waals surface area contributed by atoms with E-state index in [1.807, 2.05) is 6.92 Å². The molecule has 0 aliphatic heterocycles. The molecule has 0 bridgehead atoms. The fourth-order valence-corrected chi connectivity index (χ4v) is 2.17. The maximum absolute atomic E-state index is 12.7. The number of amides is 1. The highest BCUT2D eigenvalue weighted by Gasteiger charge is 2.31. The summed E-state index contributed by atoms with van der Waals surface area (Å²) >= 11 is 5.84. The van der Waals surface area contributed by atoms with Crippen LogP contribution in [0.4, 0.5) is 24.5 Å². The highest BCUT2D eigenvalue weighted by molar-refractivity contribution is 6.33. The van der Waals surface area contributed by atoms with E-state index < -0.39 is 17.6 Å². The van der Waals surface area contributed by atoms with Crippen molar-refractivity contribution in [2.45, 2.75) is 13.1 Å². The minimum Gasteiger partial charge on any atom is -0.494 e. The molecule has 0 atom stereocenters.